The number of rotatable bonds is 3. The molecule has 0 bridgehead atoms. The van der Waals surface area contributed by atoms with Crippen LogP contribution in [0.4, 0.5) is 0 Å². The van der Waals surface area contributed by atoms with E-state index >= 15 is 0 Å². The summed E-state index contributed by atoms with van der Waals surface area (Å²) in [5.74, 6) is -2.54. The topological polar surface area (TPSA) is 37.3 Å². The summed E-state index contributed by atoms with van der Waals surface area (Å²) in [5.41, 5.74) is 0. The summed E-state index contributed by atoms with van der Waals surface area (Å²) in [7, 11) is -3.80. The van der Waals surface area contributed by atoms with E-state index in [0.29, 0.717) is 5.75 Å². The van der Waals surface area contributed by atoms with Gasteiger partial charge < -0.3 is 0 Å². The molecule has 13 heteroatoms. The Morgan fingerprint density at radius 2 is 1.85 bits per heavy atom. The fraction of sp³-hybridized carbons (Fsp3) is 0.143. The zero-order valence-corrected chi connectivity index (χ0v) is 16.4. The van der Waals surface area contributed by atoms with E-state index in [1.807, 2.05) is 6.07 Å². The Hall–Kier alpha value is 1.44. The van der Waals surface area contributed by atoms with E-state index in [1.54, 1.807) is 24.3 Å². The van der Waals surface area contributed by atoms with Crippen molar-refractivity contribution in [2.45, 2.75) is 0 Å². The fourth-order valence-corrected chi connectivity index (χ4v) is 15.3. The number of para-hydroxylation sites is 1. The molecule has 2 rings (SSSR count). The van der Waals surface area contributed by atoms with Crippen LogP contribution in [0.1, 0.15) is 0 Å². The third kappa shape index (κ3) is 3.35. The van der Waals surface area contributed by atoms with E-state index in [2.05, 4.69) is 4.52 Å². The van der Waals surface area contributed by atoms with Crippen LogP contribution in [0.2, 0.25) is 0 Å². The zero-order valence-electron chi connectivity index (χ0n) is 9.83. The summed E-state index contributed by atoms with van der Waals surface area (Å²) >= 11 is 30.7. The normalized spacial score (nSPS) is 27.6. The molecule has 1 aliphatic rings. The van der Waals surface area contributed by atoms with Crippen LogP contribution in [0.5, 0.6) is 5.75 Å². The Morgan fingerprint density at radius 3 is 2.40 bits per heavy atom. The van der Waals surface area contributed by atoms with Crippen molar-refractivity contribution in [3.05, 3.63) is 30.3 Å². The number of nitrogens with zero attached hydrogens (tertiary/aromatic N) is 3. The summed E-state index contributed by atoms with van der Waals surface area (Å²) in [5, 5.41) is 0. The van der Waals surface area contributed by atoms with Crippen LogP contribution >= 0.6 is 78.8 Å². The van der Waals surface area contributed by atoms with Gasteiger partial charge in [0.15, 0.2) is 0 Å². The first-order valence-electron chi connectivity index (χ1n) is 5.02. The molecular formula is C7H9Cl5N3O2P3. The number of halogens is 5. The van der Waals surface area contributed by atoms with Crippen LogP contribution in [0.3, 0.4) is 0 Å². The van der Waals surface area contributed by atoms with Crippen LogP contribution in [0.15, 0.2) is 34.8 Å². The molecule has 0 N–H and O–H groups in total. The molecule has 0 fully saturated rings. The maximum absolute atomic E-state index is 6.20. The molecule has 0 radical (unpaired) electrons. The summed E-state index contributed by atoms with van der Waals surface area (Å²) in [6.45, 7) is 0. The monoisotopic (exact) mass is 435 g/mol. The number of hydrogen-bond donors (Lipinski definition) is 0. The van der Waals surface area contributed by atoms with Gasteiger partial charge in [-0.05, 0) is 0 Å². The Balaban J connectivity index is 2.45. The summed E-state index contributed by atoms with van der Waals surface area (Å²) in [6, 6.07) is 8.90. The molecule has 1 heterocycles. The van der Waals surface area contributed by atoms with Crippen LogP contribution in [-0.4, -0.2) is 15.0 Å². The molecule has 0 aromatic heterocycles. The second kappa shape index (κ2) is 6.91. The number of hydrogen-bond acceptors (Lipinski definition) is 5. The van der Waals surface area contributed by atoms with Crippen molar-refractivity contribution in [1.82, 2.24) is 7.92 Å². The minimum absolute atomic E-state index is 0.507. The summed E-state index contributed by atoms with van der Waals surface area (Å²) in [6.07, 6.45) is 0. The van der Waals surface area contributed by atoms with Crippen LogP contribution < -0.4 is 4.52 Å². The average Bonchev–Trinajstić information content (AvgIpc) is 2.42. The van der Waals surface area contributed by atoms with Crippen LogP contribution in [0, 0.1) is 0 Å². The molecule has 0 amide bonds. The zero-order chi connectivity index (χ0) is 15.0. The summed E-state index contributed by atoms with van der Waals surface area (Å²) < 4.78 is 17.5. The summed E-state index contributed by atoms with van der Waals surface area (Å²) in [4.78, 5) is 0. The van der Waals surface area contributed by atoms with E-state index in [0.717, 1.165) is 7.92 Å². The Kier molecular flexibility index (Phi) is 6.14. The van der Waals surface area contributed by atoms with Gasteiger partial charge in [-0.25, -0.2) is 0 Å². The van der Waals surface area contributed by atoms with Crippen molar-refractivity contribution in [1.29, 1.82) is 0 Å². The number of benzene rings is 1. The molecule has 1 aromatic carbocycles. The van der Waals surface area contributed by atoms with Crippen molar-refractivity contribution in [3.63, 3.8) is 0 Å². The molecule has 20 heavy (non-hydrogen) atoms. The molecule has 1 atom stereocenters. The van der Waals surface area contributed by atoms with Crippen LogP contribution in [-0.2, 0) is 4.52 Å². The molecule has 1 aliphatic heterocycles. The van der Waals surface area contributed by atoms with Crippen molar-refractivity contribution in [3.8, 4) is 5.75 Å². The van der Waals surface area contributed by atoms with E-state index in [9.17, 15) is 0 Å². The first-order valence-corrected chi connectivity index (χ1v) is 13.1. The third-order valence-electron chi connectivity index (χ3n) is 2.26. The van der Waals surface area contributed by atoms with Crippen LogP contribution in [0.25, 0.3) is 0 Å². The van der Waals surface area contributed by atoms with Gasteiger partial charge in [-0.15, -0.1) is 0 Å². The molecule has 1 aromatic rings. The van der Waals surface area contributed by atoms with E-state index < -0.39 is 21.5 Å². The van der Waals surface area contributed by atoms with Gasteiger partial charge in [0, 0.05) is 0 Å². The van der Waals surface area contributed by atoms with Gasteiger partial charge in [-0.2, -0.15) is 0 Å². The molecule has 5 nitrogen and oxygen atoms in total. The van der Waals surface area contributed by atoms with Gasteiger partial charge in [0.2, 0.25) is 0 Å². The molecule has 0 saturated heterocycles. The van der Waals surface area contributed by atoms with E-state index in [-0.39, 0.29) is 0 Å². The SMILES string of the molecule is CO[PH]1(Oc2ccccc2)N(Cl)P(Cl)N=P(Cl)(Cl)N1Cl. The van der Waals surface area contributed by atoms with E-state index in [4.69, 9.17) is 66.3 Å². The maximum atomic E-state index is 6.20. The predicted molar refractivity (Wildman–Crippen MR) is 91.6 cm³/mol. The molecule has 1 unspecified atom stereocenters. The second-order valence-corrected chi connectivity index (χ2v) is 15.7. The van der Waals surface area contributed by atoms with Crippen molar-refractivity contribution in [2.75, 3.05) is 7.11 Å². The predicted octanol–water partition coefficient (Wildman–Crippen LogP) is 6.94. The Labute approximate surface area is 143 Å². The van der Waals surface area contributed by atoms with E-state index in [1.165, 1.54) is 7.11 Å². The van der Waals surface area contributed by atoms with Gasteiger partial charge in [0.05, 0.1) is 0 Å². The van der Waals surface area contributed by atoms with Gasteiger partial charge in [0.1, 0.15) is 0 Å². The molecule has 114 valence electrons. The molecule has 0 aliphatic carbocycles. The quantitative estimate of drug-likeness (QED) is 0.379. The fourth-order valence-electron chi connectivity index (χ4n) is 1.39. The van der Waals surface area contributed by atoms with Gasteiger partial charge in [-0.3, -0.25) is 0 Å². The first-order chi connectivity index (χ1) is 9.33. The third-order valence-corrected chi connectivity index (χ3v) is 16.7. The van der Waals surface area contributed by atoms with Crippen molar-refractivity contribution in [2.24, 2.45) is 4.52 Å². The van der Waals surface area contributed by atoms with Gasteiger partial charge in [0.25, 0.3) is 0 Å². The first kappa shape index (κ1) is 17.8. The Morgan fingerprint density at radius 1 is 1.25 bits per heavy atom. The Bertz CT molecular complexity index is 534. The minimum atomic E-state index is -3.52. The molecule has 0 spiro atoms. The van der Waals surface area contributed by atoms with Gasteiger partial charge >= 0.3 is 143 Å². The average molecular weight is 437 g/mol. The van der Waals surface area contributed by atoms with Gasteiger partial charge in [-0.1, -0.05) is 0 Å². The molecular weight excluding hydrogens is 428 g/mol. The second-order valence-electron chi connectivity index (χ2n) is 3.47. The van der Waals surface area contributed by atoms with Crippen molar-refractivity contribution < 1.29 is 9.05 Å². The van der Waals surface area contributed by atoms with Crippen molar-refractivity contribution >= 4 is 78.8 Å². The molecule has 0 saturated carbocycles. The standard InChI is InChI=1S/C7H9Cl5N3O2P3/c1-16-20(17-7-5-3-2-4-6-7)14(8)18(10)13-19(11,12)15(20)9/h2-6,20H,1H3.